The number of furan rings is 1. The fourth-order valence-electron chi connectivity index (χ4n) is 4.94. The maximum absolute atomic E-state index is 12.6. The zero-order valence-corrected chi connectivity index (χ0v) is 16.8. The average Bonchev–Trinajstić information content (AvgIpc) is 3.14. The van der Waals surface area contributed by atoms with Gasteiger partial charge < -0.3 is 13.9 Å². The highest BCUT2D eigenvalue weighted by Gasteiger charge is 2.57. The van der Waals surface area contributed by atoms with Gasteiger partial charge in [0.05, 0.1) is 13.2 Å². The molecule has 0 unspecified atom stereocenters. The standard InChI is InChI=1S/C19H27NO6S/c1-12-14-10-13(19(14,2)3)11-16(12)26-18(21)15-4-5-17(25-15)27(22,23)20-6-8-24-9-7-20/h4-5,12-14,16H,6-11H2,1-3H3/t12-,13+,14+,16+/m1/s1. The molecule has 2 heterocycles. The zero-order valence-electron chi connectivity index (χ0n) is 16.0. The Balaban J connectivity index is 1.44. The third kappa shape index (κ3) is 3.11. The van der Waals surface area contributed by atoms with Crippen molar-refractivity contribution in [3.63, 3.8) is 0 Å². The molecule has 0 radical (unpaired) electrons. The summed E-state index contributed by atoms with van der Waals surface area (Å²) in [6.07, 6.45) is 1.92. The van der Waals surface area contributed by atoms with E-state index in [1.165, 1.54) is 22.9 Å². The first-order valence-corrected chi connectivity index (χ1v) is 11.0. The van der Waals surface area contributed by atoms with Crippen molar-refractivity contribution in [3.8, 4) is 0 Å². The van der Waals surface area contributed by atoms with Crippen molar-refractivity contribution in [3.05, 3.63) is 17.9 Å². The van der Waals surface area contributed by atoms with Gasteiger partial charge >= 0.3 is 5.97 Å². The van der Waals surface area contributed by atoms with E-state index in [0.717, 1.165) is 6.42 Å². The lowest BCUT2D eigenvalue weighted by Crippen LogP contribution is -2.57. The molecule has 150 valence electrons. The molecule has 0 aromatic carbocycles. The first kappa shape index (κ1) is 19.0. The van der Waals surface area contributed by atoms with Gasteiger partial charge in [0.1, 0.15) is 6.10 Å². The third-order valence-electron chi connectivity index (χ3n) is 6.89. The molecule has 1 aliphatic heterocycles. The van der Waals surface area contributed by atoms with Gasteiger partial charge in [0.15, 0.2) is 0 Å². The maximum Gasteiger partial charge on any atom is 0.374 e. The number of hydrogen-bond acceptors (Lipinski definition) is 6. The van der Waals surface area contributed by atoms with Crippen LogP contribution in [-0.2, 0) is 19.5 Å². The molecule has 1 saturated heterocycles. The lowest BCUT2D eigenvalue weighted by Gasteiger charge is -2.61. The highest BCUT2D eigenvalue weighted by molar-refractivity contribution is 7.89. The van der Waals surface area contributed by atoms with Crippen molar-refractivity contribution < 1.29 is 27.1 Å². The Bertz CT molecular complexity index is 823. The van der Waals surface area contributed by atoms with Crippen molar-refractivity contribution >= 4 is 16.0 Å². The van der Waals surface area contributed by atoms with Gasteiger partial charge in [-0.15, -0.1) is 0 Å². The SMILES string of the molecule is C[C@H]1[C@@H](OC(=O)c2ccc(S(=O)(=O)N3CCOCC3)o2)C[C@@H]2C[C@@H]1C2(C)C. The highest BCUT2D eigenvalue weighted by atomic mass is 32.2. The van der Waals surface area contributed by atoms with Crippen LogP contribution in [0.15, 0.2) is 21.6 Å². The van der Waals surface area contributed by atoms with Crippen LogP contribution in [0.25, 0.3) is 0 Å². The summed E-state index contributed by atoms with van der Waals surface area (Å²) in [5, 5.41) is -0.225. The van der Waals surface area contributed by atoms with Crippen LogP contribution >= 0.6 is 0 Å². The van der Waals surface area contributed by atoms with Gasteiger partial charge in [-0.2, -0.15) is 4.31 Å². The largest absolute Gasteiger partial charge is 0.456 e. The molecule has 3 aliphatic carbocycles. The van der Waals surface area contributed by atoms with Crippen LogP contribution in [0.1, 0.15) is 44.2 Å². The molecular weight excluding hydrogens is 370 g/mol. The van der Waals surface area contributed by atoms with Crippen molar-refractivity contribution in [1.82, 2.24) is 4.31 Å². The predicted octanol–water partition coefficient (Wildman–Crippen LogP) is 2.53. The predicted molar refractivity (Wildman–Crippen MR) is 96.6 cm³/mol. The van der Waals surface area contributed by atoms with Gasteiger partial charge in [-0.1, -0.05) is 20.8 Å². The monoisotopic (exact) mass is 397 g/mol. The number of nitrogens with zero attached hydrogens (tertiary/aromatic N) is 1. The Morgan fingerprint density at radius 2 is 1.93 bits per heavy atom. The fourth-order valence-corrected chi connectivity index (χ4v) is 6.26. The van der Waals surface area contributed by atoms with Crippen molar-refractivity contribution in [2.75, 3.05) is 26.3 Å². The number of carbonyl (C=O) groups excluding carboxylic acids is 1. The molecule has 2 bridgehead atoms. The minimum atomic E-state index is -3.76. The molecule has 4 fully saturated rings. The molecule has 7 nitrogen and oxygen atoms in total. The molecule has 1 aromatic heterocycles. The minimum Gasteiger partial charge on any atom is -0.456 e. The molecular formula is C19H27NO6S. The number of hydrogen-bond donors (Lipinski definition) is 0. The molecule has 5 rings (SSSR count). The van der Waals surface area contributed by atoms with Gasteiger partial charge in [-0.3, -0.25) is 0 Å². The van der Waals surface area contributed by atoms with E-state index < -0.39 is 16.0 Å². The number of carbonyl (C=O) groups is 1. The zero-order chi connectivity index (χ0) is 19.4. The molecule has 3 saturated carbocycles. The van der Waals surface area contributed by atoms with Crippen molar-refractivity contribution in [2.24, 2.45) is 23.2 Å². The van der Waals surface area contributed by atoms with Crippen molar-refractivity contribution in [1.29, 1.82) is 0 Å². The van der Waals surface area contributed by atoms with Gasteiger partial charge in [0.25, 0.3) is 10.0 Å². The normalized spacial score (nSPS) is 33.3. The van der Waals surface area contributed by atoms with E-state index in [4.69, 9.17) is 13.9 Å². The lowest BCUT2D eigenvalue weighted by molar-refractivity contribution is -0.157. The summed E-state index contributed by atoms with van der Waals surface area (Å²) in [5.74, 6) is 0.774. The fraction of sp³-hybridized carbons (Fsp3) is 0.737. The Morgan fingerprint density at radius 3 is 2.56 bits per heavy atom. The second kappa shape index (κ2) is 6.60. The van der Waals surface area contributed by atoms with E-state index in [1.54, 1.807) is 0 Å². The van der Waals surface area contributed by atoms with Crippen LogP contribution in [0.5, 0.6) is 0 Å². The van der Waals surface area contributed by atoms with E-state index in [9.17, 15) is 13.2 Å². The van der Waals surface area contributed by atoms with E-state index in [-0.39, 0.29) is 30.0 Å². The van der Waals surface area contributed by atoms with E-state index in [2.05, 4.69) is 20.8 Å². The van der Waals surface area contributed by atoms with Crippen molar-refractivity contribution in [2.45, 2.75) is 44.8 Å². The number of sulfonamides is 1. The molecule has 0 amide bonds. The summed E-state index contributed by atoms with van der Waals surface area (Å²) >= 11 is 0. The van der Waals surface area contributed by atoms with E-state index in [0.29, 0.717) is 36.4 Å². The summed E-state index contributed by atoms with van der Waals surface area (Å²) in [6.45, 7) is 7.98. The quantitative estimate of drug-likeness (QED) is 0.726. The molecule has 0 spiro atoms. The number of ether oxygens (including phenoxy) is 2. The first-order chi connectivity index (χ1) is 12.7. The molecule has 4 atom stereocenters. The van der Waals surface area contributed by atoms with Gasteiger partial charge in [-0.05, 0) is 48.1 Å². The number of rotatable bonds is 4. The van der Waals surface area contributed by atoms with Crippen LogP contribution in [0.2, 0.25) is 0 Å². The maximum atomic E-state index is 12.6. The third-order valence-corrected chi connectivity index (χ3v) is 8.66. The second-order valence-corrected chi connectivity index (χ2v) is 10.4. The summed E-state index contributed by atoms with van der Waals surface area (Å²) in [6, 6.07) is 2.71. The Morgan fingerprint density at radius 1 is 1.22 bits per heavy atom. The smallest absolute Gasteiger partial charge is 0.374 e. The number of fused-ring (bicyclic) bond motifs is 2. The topological polar surface area (TPSA) is 86.1 Å². The molecule has 0 N–H and O–H groups in total. The number of morpholine rings is 1. The summed E-state index contributed by atoms with van der Waals surface area (Å²) < 4.78 is 42.8. The number of esters is 1. The average molecular weight is 397 g/mol. The summed E-state index contributed by atoms with van der Waals surface area (Å²) in [4.78, 5) is 12.5. The van der Waals surface area contributed by atoms with Crippen LogP contribution in [-0.4, -0.2) is 51.1 Å². The Labute approximate surface area is 160 Å². The Kier molecular flexibility index (Phi) is 4.63. The lowest BCUT2D eigenvalue weighted by atomic mass is 9.45. The van der Waals surface area contributed by atoms with Crippen LogP contribution in [0.4, 0.5) is 0 Å². The molecule has 27 heavy (non-hydrogen) atoms. The summed E-state index contributed by atoms with van der Waals surface area (Å²) in [7, 11) is -3.76. The summed E-state index contributed by atoms with van der Waals surface area (Å²) in [5.41, 5.74) is 0.312. The van der Waals surface area contributed by atoms with Crippen LogP contribution < -0.4 is 0 Å². The van der Waals surface area contributed by atoms with Gasteiger partial charge in [0.2, 0.25) is 10.9 Å². The Hall–Kier alpha value is -1.38. The second-order valence-electron chi connectivity index (χ2n) is 8.53. The molecule has 8 heteroatoms. The van der Waals surface area contributed by atoms with E-state index in [1.807, 2.05) is 0 Å². The molecule has 4 aliphatic rings. The van der Waals surface area contributed by atoms with Crippen LogP contribution in [0, 0.1) is 23.2 Å². The minimum absolute atomic E-state index is 0.0625. The first-order valence-electron chi connectivity index (χ1n) is 9.60. The van der Waals surface area contributed by atoms with Gasteiger partial charge in [0, 0.05) is 13.1 Å². The highest BCUT2D eigenvalue weighted by Crippen LogP contribution is 2.61. The van der Waals surface area contributed by atoms with E-state index >= 15 is 0 Å². The van der Waals surface area contributed by atoms with Gasteiger partial charge in [-0.25, -0.2) is 13.2 Å². The van der Waals surface area contributed by atoms with Crippen LogP contribution in [0.3, 0.4) is 0 Å². The molecule has 1 aromatic rings.